The molecule has 24 atom stereocenters. The normalized spacial score (nSPS) is 61.2. The van der Waals surface area contributed by atoms with E-state index in [1.54, 1.807) is 0 Å². The fourth-order valence-electron chi connectivity index (χ4n) is 10.6. The summed E-state index contributed by atoms with van der Waals surface area (Å²) in [7, 11) is 0. The van der Waals surface area contributed by atoms with Gasteiger partial charge in [-0.1, -0.05) is 0 Å². The van der Waals surface area contributed by atoms with Crippen LogP contribution in [0.5, 0.6) is 0 Å². The lowest BCUT2D eigenvalue weighted by atomic mass is 9.95. The van der Waals surface area contributed by atoms with E-state index in [2.05, 4.69) is 140 Å². The van der Waals surface area contributed by atoms with Crippen LogP contribution in [-0.4, -0.2) is 146 Å². The first-order valence-electron chi connectivity index (χ1n) is 19.3. The van der Waals surface area contributed by atoms with Gasteiger partial charge in [0.15, 0.2) is 12.3 Å². The molecule has 17 N–H and O–H groups in total. The maximum absolute atomic E-state index is 4.15. The molecule has 0 aromatic rings. The Morgan fingerprint density at radius 2 is 0.429 bits per heavy atom. The summed E-state index contributed by atoms with van der Waals surface area (Å²) in [4.78, 5) is 0. The topological polar surface area (TPSA) is 197 Å². The van der Waals surface area contributed by atoms with E-state index in [9.17, 15) is 0 Å². The maximum Gasteiger partial charge on any atom is 0.159 e. The lowest BCUT2D eigenvalue weighted by Crippen LogP contribution is -3.00. The molecule has 280 valence electrons. The Morgan fingerprint density at radius 3 is 0.653 bits per heavy atom. The van der Waals surface area contributed by atoms with Crippen LogP contribution in [0.25, 0.3) is 0 Å². The monoisotopic (exact) mass is 800 g/mol. The molecule has 8 bridgehead atoms. The second-order valence-corrected chi connectivity index (χ2v) is 17.1. The van der Waals surface area contributed by atoms with Gasteiger partial charge in [-0.2, -0.15) is 0 Å². The molecule has 0 aliphatic carbocycles. The van der Waals surface area contributed by atoms with Crippen LogP contribution in [-0.2, 0) is 0 Å². The van der Waals surface area contributed by atoms with Crippen LogP contribution in [0.1, 0.15) is 55.4 Å². The lowest BCUT2D eigenvalue weighted by Gasteiger charge is -2.43. The molecule has 9 rings (SSSR count). The van der Waals surface area contributed by atoms with Crippen LogP contribution in [0, 0.1) is 0 Å². The van der Waals surface area contributed by atoms with Gasteiger partial charge in [0, 0.05) is 48.3 Å². The first-order chi connectivity index (χ1) is 23.0. The van der Waals surface area contributed by atoms with Gasteiger partial charge in [0.1, 0.15) is 0 Å². The number of nitrogens with one attached hydrogen (secondary N) is 15. The highest BCUT2D eigenvalue weighted by atomic mass is 127. The van der Waals surface area contributed by atoms with Crippen molar-refractivity contribution >= 4 is 0 Å². The summed E-state index contributed by atoms with van der Waals surface area (Å²) in [6.45, 7) is 18.4. The van der Waals surface area contributed by atoms with Gasteiger partial charge in [-0.3, -0.25) is 26.6 Å². The van der Waals surface area contributed by atoms with Crippen LogP contribution in [0.15, 0.2) is 0 Å². The van der Waals surface area contributed by atoms with Crippen molar-refractivity contribution < 1.29 is 29.3 Å². The molecule has 9 saturated heterocycles. The molecule has 9 heterocycles. The number of hydrogen-bond acceptors (Lipinski definition) is 15. The molecule has 9 aliphatic rings. The molecule has 0 aromatic carbocycles. The van der Waals surface area contributed by atoms with E-state index in [0.717, 1.165) is 0 Å². The van der Waals surface area contributed by atoms with Gasteiger partial charge in [0.25, 0.3) is 0 Å². The Balaban J connectivity index is 0.00000348. The fourth-order valence-corrected chi connectivity index (χ4v) is 10.6. The molecule has 16 nitrogen and oxygen atoms in total. The molecule has 0 radical (unpaired) electrons. The van der Waals surface area contributed by atoms with Gasteiger partial charge in [0.2, 0.25) is 0 Å². The van der Waals surface area contributed by atoms with Crippen LogP contribution < -0.4 is 109 Å². The number of fused-ring (bicyclic) bond motifs is 20. The summed E-state index contributed by atoms with van der Waals surface area (Å²) in [5.74, 6) is 0. The predicted octanol–water partition coefficient (Wildman–Crippen LogP) is -9.81. The van der Waals surface area contributed by atoms with Crippen molar-refractivity contribution in [3.8, 4) is 0 Å². The molecular weight excluding hydrogens is 735 g/mol. The summed E-state index contributed by atoms with van der Waals surface area (Å²) in [6, 6.07) is 4.91. The third-order valence-electron chi connectivity index (χ3n) is 14.1. The number of hydrogen-bond donors (Lipinski definition) is 16. The van der Waals surface area contributed by atoms with Crippen molar-refractivity contribution in [3.63, 3.8) is 0 Å². The predicted molar refractivity (Wildman–Crippen MR) is 185 cm³/mol. The standard InChI is InChI=1S/C32H64N16.HI/c1-9-10(2)34-18-17(33-9)25-41-26(18)46-28-21-22(38-14(6)13(5)37-21)30(43-28)48-32-24-23(39-15(7)16(8)40-24)31(44-32)47-29-20-19(27(42-29)45-25)35-11(3)12(4)36-20;/h9-48H,1-8H3;1H. The van der Waals surface area contributed by atoms with Crippen molar-refractivity contribution in [2.75, 3.05) is 0 Å². The lowest BCUT2D eigenvalue weighted by molar-refractivity contribution is -0.713. The summed E-state index contributed by atoms with van der Waals surface area (Å²) < 4.78 is 0. The van der Waals surface area contributed by atoms with Crippen LogP contribution >= 0.6 is 0 Å². The minimum atomic E-state index is 0. The first kappa shape index (κ1) is 36.1. The molecule has 24 unspecified atom stereocenters. The zero-order valence-corrected chi connectivity index (χ0v) is 32.5. The van der Waals surface area contributed by atoms with E-state index < -0.39 is 0 Å². The molecule has 0 saturated carbocycles. The summed E-state index contributed by atoms with van der Waals surface area (Å²) in [5.41, 5.74) is 0. The minimum Gasteiger partial charge on any atom is -1.00 e. The molecule has 9 fully saturated rings. The summed E-state index contributed by atoms with van der Waals surface area (Å²) in [5, 5.41) is 63.3. The molecule has 9 aliphatic heterocycles. The highest BCUT2D eigenvalue weighted by molar-refractivity contribution is 5.17. The molecule has 0 spiro atoms. The average Bonchev–Trinajstić information content (AvgIpc) is 3.74. The molecular formula is C32H65IN16. The van der Waals surface area contributed by atoms with Crippen molar-refractivity contribution in [1.29, 1.82) is 0 Å². The minimum absolute atomic E-state index is 0. The maximum atomic E-state index is 4.15. The average molecular weight is 801 g/mol. The zero-order valence-electron chi connectivity index (χ0n) is 30.3. The Morgan fingerprint density at radius 1 is 0.245 bits per heavy atom. The number of rotatable bonds is 0. The van der Waals surface area contributed by atoms with E-state index in [0.29, 0.717) is 48.3 Å². The smallest absolute Gasteiger partial charge is 0.159 e. The van der Waals surface area contributed by atoms with Crippen molar-refractivity contribution in [1.82, 2.24) is 79.8 Å². The molecule has 49 heavy (non-hydrogen) atoms. The van der Waals surface area contributed by atoms with E-state index in [-0.39, 0.29) is 122 Å². The highest BCUT2D eigenvalue weighted by Crippen LogP contribution is 2.27. The van der Waals surface area contributed by atoms with Gasteiger partial charge in [-0.15, -0.1) is 0 Å². The van der Waals surface area contributed by atoms with Gasteiger partial charge < -0.3 is 71.8 Å². The third kappa shape index (κ3) is 6.23. The van der Waals surface area contributed by atoms with Crippen molar-refractivity contribution in [3.05, 3.63) is 0 Å². The van der Waals surface area contributed by atoms with E-state index in [4.69, 9.17) is 0 Å². The van der Waals surface area contributed by atoms with E-state index >= 15 is 0 Å². The van der Waals surface area contributed by atoms with Gasteiger partial charge in [-0.05, 0) is 55.4 Å². The number of halogens is 1. The zero-order chi connectivity index (χ0) is 33.2. The van der Waals surface area contributed by atoms with E-state index in [1.165, 1.54) is 0 Å². The highest BCUT2D eigenvalue weighted by Gasteiger charge is 2.58. The summed E-state index contributed by atoms with van der Waals surface area (Å²) in [6.07, 6.45) is 0.827. The quantitative estimate of drug-likeness (QED) is 0.103. The van der Waals surface area contributed by atoms with Crippen molar-refractivity contribution in [2.24, 2.45) is 0 Å². The third-order valence-corrected chi connectivity index (χ3v) is 14.1. The molecule has 0 aromatic heterocycles. The van der Waals surface area contributed by atoms with Gasteiger partial charge in [-0.25, -0.2) is 10.6 Å². The van der Waals surface area contributed by atoms with Crippen LogP contribution in [0.4, 0.5) is 0 Å². The number of quaternary nitrogens is 1. The number of piperazine rings is 4. The Kier molecular flexibility index (Phi) is 10.1. The van der Waals surface area contributed by atoms with Gasteiger partial charge >= 0.3 is 0 Å². The van der Waals surface area contributed by atoms with Crippen LogP contribution in [0.2, 0.25) is 0 Å². The van der Waals surface area contributed by atoms with Gasteiger partial charge in [0.05, 0.1) is 85.3 Å². The molecule has 0 amide bonds. The number of nitrogens with two attached hydrogens (primary N) is 1. The first-order valence-corrected chi connectivity index (χ1v) is 19.3. The summed E-state index contributed by atoms with van der Waals surface area (Å²) >= 11 is 0. The second kappa shape index (κ2) is 13.7. The Labute approximate surface area is 309 Å². The molecule has 17 heteroatoms. The van der Waals surface area contributed by atoms with Crippen LogP contribution in [0.3, 0.4) is 0 Å². The van der Waals surface area contributed by atoms with E-state index in [1.807, 2.05) is 0 Å². The van der Waals surface area contributed by atoms with Crippen molar-refractivity contribution in [2.45, 2.75) is 201 Å². The largest absolute Gasteiger partial charge is 1.00 e. The second-order valence-electron chi connectivity index (χ2n) is 17.1. The fraction of sp³-hybridized carbons (Fsp3) is 1.00. The Hall–Kier alpha value is 0.0900. The SMILES string of the molecule is CC1NC2C3NC(NC4NC(NC5[NH2+]C(NC6NC(N3)C3NC(C)C(C)NC63)C3NC(C)C(C)NC53)C3NC(C)C(C)NC43)C2NC1C.[I-]. The Bertz CT molecular complexity index is 932.